The van der Waals surface area contributed by atoms with Gasteiger partial charge < -0.3 is 20.1 Å². The van der Waals surface area contributed by atoms with Gasteiger partial charge in [-0.25, -0.2) is 4.39 Å². The number of aromatic nitrogens is 1. The van der Waals surface area contributed by atoms with Gasteiger partial charge in [0.1, 0.15) is 5.82 Å². The van der Waals surface area contributed by atoms with Crippen molar-refractivity contribution in [3.05, 3.63) is 59.2 Å². The molecule has 0 saturated heterocycles. The Morgan fingerprint density at radius 3 is 2.70 bits per heavy atom. The third kappa shape index (κ3) is 5.84. The maximum absolute atomic E-state index is 13.6. The summed E-state index contributed by atoms with van der Waals surface area (Å²) < 4.78 is 15.6. The minimum absolute atomic E-state index is 0.300. The Morgan fingerprint density at radius 2 is 2.07 bits per heavy atom. The predicted molar refractivity (Wildman–Crippen MR) is 106 cm³/mol. The Bertz CT molecular complexity index is 799. The molecule has 2 aromatic rings. The molecule has 1 aromatic carbocycles. The van der Waals surface area contributed by atoms with Gasteiger partial charge in [0.2, 0.25) is 0 Å². The number of nitrogens with zero attached hydrogens (tertiary/aromatic N) is 3. The summed E-state index contributed by atoms with van der Waals surface area (Å²) in [6.07, 6.45) is 2.01. The lowest BCUT2D eigenvalue weighted by Crippen LogP contribution is -2.39. The summed E-state index contributed by atoms with van der Waals surface area (Å²) in [7, 11) is 3.98. The molecular formula is C20H28FN5O. The number of nitrogens with one attached hydrogen (secondary N) is 2. The molecule has 0 fully saturated rings. The van der Waals surface area contributed by atoms with Gasteiger partial charge in [-0.15, -0.1) is 0 Å². The lowest BCUT2D eigenvalue weighted by atomic mass is 10.1. The molecule has 146 valence electrons. The van der Waals surface area contributed by atoms with Crippen molar-refractivity contribution in [3.8, 4) is 0 Å². The van der Waals surface area contributed by atoms with Crippen molar-refractivity contribution in [3.63, 3.8) is 0 Å². The number of hydrogen-bond acceptors (Lipinski definition) is 2. The number of carbonyl (C=O) groups excluding carboxylic acids is 1. The lowest BCUT2D eigenvalue weighted by Gasteiger charge is -2.22. The van der Waals surface area contributed by atoms with E-state index < -0.39 is 0 Å². The standard InChI is InChI=1S/C20H28FN5O/c1-5-22-20(26(4)14-17-7-6-12-25(17)3)24-11-10-23-19(27)16-9-8-15(2)18(21)13-16/h6-9,12-13H,5,10-11,14H2,1-4H3,(H,22,24)(H,23,27). The van der Waals surface area contributed by atoms with Gasteiger partial charge in [-0.2, -0.15) is 0 Å². The van der Waals surface area contributed by atoms with Crippen LogP contribution in [0.5, 0.6) is 0 Å². The zero-order valence-electron chi connectivity index (χ0n) is 16.4. The number of guanidine groups is 1. The minimum atomic E-state index is -0.377. The zero-order chi connectivity index (χ0) is 19.8. The van der Waals surface area contributed by atoms with Gasteiger partial charge in [0, 0.05) is 44.6 Å². The van der Waals surface area contributed by atoms with E-state index in [2.05, 4.69) is 26.3 Å². The summed E-state index contributed by atoms with van der Waals surface area (Å²) in [6, 6.07) is 8.56. The van der Waals surface area contributed by atoms with Crippen molar-refractivity contribution < 1.29 is 9.18 Å². The summed E-state index contributed by atoms with van der Waals surface area (Å²) in [5, 5.41) is 6.03. The highest BCUT2D eigenvalue weighted by Gasteiger charge is 2.09. The molecule has 0 spiro atoms. The van der Waals surface area contributed by atoms with Crippen molar-refractivity contribution in [1.29, 1.82) is 0 Å². The van der Waals surface area contributed by atoms with E-state index in [9.17, 15) is 9.18 Å². The molecule has 0 aliphatic rings. The van der Waals surface area contributed by atoms with Crippen LogP contribution in [0, 0.1) is 12.7 Å². The number of amides is 1. The van der Waals surface area contributed by atoms with Crippen LogP contribution in [0.2, 0.25) is 0 Å². The zero-order valence-corrected chi connectivity index (χ0v) is 16.4. The summed E-state index contributed by atoms with van der Waals surface area (Å²) in [5.41, 5.74) is 2.01. The van der Waals surface area contributed by atoms with Crippen LogP contribution >= 0.6 is 0 Å². The van der Waals surface area contributed by atoms with Crippen LogP contribution in [-0.4, -0.2) is 48.0 Å². The van der Waals surface area contributed by atoms with Crippen molar-refractivity contribution in [1.82, 2.24) is 20.1 Å². The first-order valence-corrected chi connectivity index (χ1v) is 9.06. The summed E-state index contributed by atoms with van der Waals surface area (Å²) in [4.78, 5) is 18.7. The first-order chi connectivity index (χ1) is 12.9. The van der Waals surface area contributed by atoms with E-state index in [1.807, 2.05) is 38.2 Å². The van der Waals surface area contributed by atoms with E-state index in [4.69, 9.17) is 0 Å². The van der Waals surface area contributed by atoms with E-state index in [0.717, 1.165) is 19.0 Å². The average molecular weight is 373 g/mol. The van der Waals surface area contributed by atoms with E-state index in [0.29, 0.717) is 24.2 Å². The molecule has 2 rings (SSSR count). The summed E-state index contributed by atoms with van der Waals surface area (Å²) >= 11 is 0. The molecule has 0 aliphatic carbocycles. The van der Waals surface area contributed by atoms with Gasteiger partial charge in [0.05, 0.1) is 13.1 Å². The molecule has 1 amide bonds. The van der Waals surface area contributed by atoms with Crippen LogP contribution in [0.25, 0.3) is 0 Å². The molecular weight excluding hydrogens is 345 g/mol. The first-order valence-electron chi connectivity index (χ1n) is 9.06. The Labute approximate surface area is 160 Å². The Hall–Kier alpha value is -2.83. The van der Waals surface area contributed by atoms with Crippen LogP contribution in [0.4, 0.5) is 4.39 Å². The quantitative estimate of drug-likeness (QED) is 0.445. The molecule has 0 atom stereocenters. The third-order valence-corrected chi connectivity index (χ3v) is 4.24. The fourth-order valence-corrected chi connectivity index (χ4v) is 2.62. The highest BCUT2D eigenvalue weighted by molar-refractivity contribution is 5.94. The molecule has 6 nitrogen and oxygen atoms in total. The number of carbonyl (C=O) groups is 1. The number of rotatable bonds is 7. The predicted octanol–water partition coefficient (Wildman–Crippen LogP) is 2.30. The third-order valence-electron chi connectivity index (χ3n) is 4.24. The second kappa shape index (κ2) is 9.75. The molecule has 0 bridgehead atoms. The molecule has 0 radical (unpaired) electrons. The van der Waals surface area contributed by atoms with Gasteiger partial charge in [0.15, 0.2) is 5.96 Å². The van der Waals surface area contributed by atoms with Crippen molar-refractivity contribution in [2.75, 3.05) is 26.7 Å². The van der Waals surface area contributed by atoms with Crippen LogP contribution in [0.3, 0.4) is 0 Å². The monoisotopic (exact) mass is 373 g/mol. The number of aliphatic imine (C=N–C) groups is 1. The molecule has 1 aromatic heterocycles. The molecule has 1 heterocycles. The van der Waals surface area contributed by atoms with E-state index >= 15 is 0 Å². The Kier molecular flexibility index (Phi) is 7.40. The van der Waals surface area contributed by atoms with Crippen LogP contribution in [0.1, 0.15) is 28.5 Å². The summed E-state index contributed by atoms with van der Waals surface area (Å²) in [6.45, 7) is 5.97. The van der Waals surface area contributed by atoms with Crippen molar-refractivity contribution in [2.24, 2.45) is 12.0 Å². The SMILES string of the molecule is CCNC(=NCCNC(=O)c1ccc(C)c(F)c1)N(C)Cc1cccn1C. The topological polar surface area (TPSA) is 61.7 Å². The smallest absolute Gasteiger partial charge is 0.251 e. The van der Waals surface area contributed by atoms with Crippen LogP contribution in [0.15, 0.2) is 41.5 Å². The highest BCUT2D eigenvalue weighted by atomic mass is 19.1. The van der Waals surface area contributed by atoms with Crippen molar-refractivity contribution >= 4 is 11.9 Å². The van der Waals surface area contributed by atoms with Gasteiger partial charge in [-0.1, -0.05) is 6.07 Å². The largest absolute Gasteiger partial charge is 0.357 e. The van der Waals surface area contributed by atoms with E-state index in [-0.39, 0.29) is 11.7 Å². The maximum atomic E-state index is 13.6. The van der Waals surface area contributed by atoms with Gasteiger partial charge in [-0.05, 0) is 43.7 Å². The molecule has 0 aliphatic heterocycles. The number of halogens is 1. The van der Waals surface area contributed by atoms with Crippen LogP contribution < -0.4 is 10.6 Å². The molecule has 2 N–H and O–H groups in total. The molecule has 0 unspecified atom stereocenters. The molecule has 27 heavy (non-hydrogen) atoms. The number of hydrogen-bond donors (Lipinski definition) is 2. The Morgan fingerprint density at radius 1 is 1.30 bits per heavy atom. The normalized spacial score (nSPS) is 11.4. The lowest BCUT2D eigenvalue weighted by molar-refractivity contribution is 0.0954. The Balaban J connectivity index is 1.89. The maximum Gasteiger partial charge on any atom is 0.251 e. The van der Waals surface area contributed by atoms with Gasteiger partial charge >= 0.3 is 0 Å². The molecule has 7 heteroatoms. The second-order valence-electron chi connectivity index (χ2n) is 6.42. The fourth-order valence-electron chi connectivity index (χ4n) is 2.62. The fraction of sp³-hybridized carbons (Fsp3) is 0.400. The van der Waals surface area contributed by atoms with Gasteiger partial charge in [0.25, 0.3) is 5.91 Å². The van der Waals surface area contributed by atoms with Crippen LogP contribution in [-0.2, 0) is 13.6 Å². The van der Waals surface area contributed by atoms with E-state index in [1.165, 1.54) is 11.8 Å². The first kappa shape index (κ1) is 20.5. The van der Waals surface area contributed by atoms with Crippen molar-refractivity contribution in [2.45, 2.75) is 20.4 Å². The number of benzene rings is 1. The van der Waals surface area contributed by atoms with E-state index in [1.54, 1.807) is 19.1 Å². The van der Waals surface area contributed by atoms with Gasteiger partial charge in [-0.3, -0.25) is 9.79 Å². The average Bonchev–Trinajstić information content (AvgIpc) is 3.04. The second-order valence-corrected chi connectivity index (χ2v) is 6.42. The molecule has 0 saturated carbocycles. The minimum Gasteiger partial charge on any atom is -0.357 e. The summed E-state index contributed by atoms with van der Waals surface area (Å²) in [5.74, 6) is 0.0954. The number of aryl methyl sites for hydroxylation is 2. The highest BCUT2D eigenvalue weighted by Crippen LogP contribution is 2.09.